The Balaban J connectivity index is 1.58. The molecular weight excluding hydrogens is 487 g/mol. The van der Waals surface area contributed by atoms with E-state index in [-0.39, 0.29) is 10.8 Å². The minimum Gasteiger partial charge on any atom is -0.322 e. The second-order valence-corrected chi connectivity index (χ2v) is 9.55. The smallest absolute Gasteiger partial charge is 0.264 e. The fraction of sp³-hybridized carbons (Fsp3) is 0.0952. The molecule has 4 rings (SSSR count). The number of benzene rings is 3. The Kier molecular flexibility index (Phi) is 5.11. The van der Waals surface area contributed by atoms with Gasteiger partial charge in [-0.1, -0.05) is 18.2 Å². The van der Waals surface area contributed by atoms with Gasteiger partial charge in [0.2, 0.25) is 0 Å². The highest BCUT2D eigenvalue weighted by Gasteiger charge is 2.31. The molecule has 142 valence electrons. The van der Waals surface area contributed by atoms with Crippen molar-refractivity contribution >= 4 is 49.9 Å². The summed E-state index contributed by atoms with van der Waals surface area (Å²) in [4.78, 5) is 12.8. The second-order valence-electron chi connectivity index (χ2n) is 6.44. The summed E-state index contributed by atoms with van der Waals surface area (Å²) in [6, 6.07) is 21.1. The van der Waals surface area contributed by atoms with E-state index < -0.39 is 10.0 Å². The third-order valence-corrected chi connectivity index (χ3v) is 7.17. The zero-order chi connectivity index (χ0) is 19.7. The molecule has 0 aliphatic carbocycles. The first-order chi connectivity index (χ1) is 13.4. The molecule has 0 unspecified atom stereocenters. The molecule has 0 spiro atoms. The van der Waals surface area contributed by atoms with Gasteiger partial charge in [-0.05, 0) is 89.2 Å². The fourth-order valence-corrected chi connectivity index (χ4v) is 5.10. The molecule has 1 aliphatic heterocycles. The van der Waals surface area contributed by atoms with Crippen LogP contribution in [0.1, 0.15) is 15.9 Å². The number of nitrogens with zero attached hydrogens (tertiary/aromatic N) is 1. The van der Waals surface area contributed by atoms with Crippen molar-refractivity contribution in [2.75, 3.05) is 16.2 Å². The molecule has 0 bridgehead atoms. The molecule has 0 atom stereocenters. The van der Waals surface area contributed by atoms with Crippen LogP contribution in [0.5, 0.6) is 0 Å². The summed E-state index contributed by atoms with van der Waals surface area (Å²) in [5.41, 5.74) is 2.72. The lowest BCUT2D eigenvalue weighted by molar-refractivity contribution is 0.102. The summed E-state index contributed by atoms with van der Waals surface area (Å²) >= 11 is 2.21. The topological polar surface area (TPSA) is 66.5 Å². The van der Waals surface area contributed by atoms with Crippen LogP contribution in [0, 0.1) is 3.57 Å². The molecule has 0 fully saturated rings. The maximum absolute atomic E-state index is 12.9. The van der Waals surface area contributed by atoms with Gasteiger partial charge in [0.15, 0.2) is 0 Å². The van der Waals surface area contributed by atoms with E-state index in [0.29, 0.717) is 24.2 Å². The Morgan fingerprint density at radius 3 is 2.39 bits per heavy atom. The van der Waals surface area contributed by atoms with Gasteiger partial charge in [0.1, 0.15) is 0 Å². The van der Waals surface area contributed by atoms with E-state index in [0.717, 1.165) is 14.8 Å². The van der Waals surface area contributed by atoms with Crippen molar-refractivity contribution in [1.29, 1.82) is 0 Å². The third-order valence-electron chi connectivity index (χ3n) is 4.63. The van der Waals surface area contributed by atoms with Crippen LogP contribution < -0.4 is 9.62 Å². The number of hydrogen-bond acceptors (Lipinski definition) is 3. The van der Waals surface area contributed by atoms with Crippen molar-refractivity contribution in [2.24, 2.45) is 0 Å². The maximum Gasteiger partial charge on any atom is 0.264 e. The maximum atomic E-state index is 12.9. The van der Waals surface area contributed by atoms with E-state index in [1.165, 1.54) is 4.31 Å². The fourth-order valence-electron chi connectivity index (χ4n) is 3.22. The van der Waals surface area contributed by atoms with E-state index >= 15 is 0 Å². The minimum absolute atomic E-state index is 0.214. The lowest BCUT2D eigenvalue weighted by Gasteiger charge is -2.19. The van der Waals surface area contributed by atoms with Gasteiger partial charge in [0.05, 0.1) is 10.6 Å². The number of amides is 1. The Labute approximate surface area is 177 Å². The van der Waals surface area contributed by atoms with Crippen molar-refractivity contribution in [3.8, 4) is 0 Å². The van der Waals surface area contributed by atoms with Crippen LogP contribution in [0.15, 0.2) is 77.7 Å². The molecule has 7 heteroatoms. The van der Waals surface area contributed by atoms with Crippen LogP contribution >= 0.6 is 22.6 Å². The Hall–Kier alpha value is -2.39. The summed E-state index contributed by atoms with van der Waals surface area (Å²) in [7, 11) is -3.61. The molecule has 0 saturated carbocycles. The summed E-state index contributed by atoms with van der Waals surface area (Å²) in [5, 5.41) is 2.87. The zero-order valence-corrected chi connectivity index (χ0v) is 17.8. The number of carbonyl (C=O) groups excluding carboxylic acids is 1. The van der Waals surface area contributed by atoms with Crippen molar-refractivity contribution < 1.29 is 13.2 Å². The minimum atomic E-state index is -3.61. The largest absolute Gasteiger partial charge is 0.322 e. The summed E-state index contributed by atoms with van der Waals surface area (Å²) < 4.78 is 28.4. The van der Waals surface area contributed by atoms with Gasteiger partial charge in [-0.15, -0.1) is 0 Å². The van der Waals surface area contributed by atoms with Gasteiger partial charge in [0.25, 0.3) is 15.9 Å². The first-order valence-electron chi connectivity index (χ1n) is 8.73. The molecule has 5 nitrogen and oxygen atoms in total. The molecular formula is C21H17IN2O3S. The van der Waals surface area contributed by atoms with Crippen LogP contribution in [0.4, 0.5) is 11.4 Å². The Bertz CT molecular complexity index is 1130. The first kappa shape index (κ1) is 18.9. The molecule has 1 aliphatic rings. The quantitative estimate of drug-likeness (QED) is 0.540. The van der Waals surface area contributed by atoms with Gasteiger partial charge in [-0.3, -0.25) is 9.10 Å². The van der Waals surface area contributed by atoms with Crippen molar-refractivity contribution in [3.05, 3.63) is 87.5 Å². The molecule has 28 heavy (non-hydrogen) atoms. The van der Waals surface area contributed by atoms with Gasteiger partial charge in [-0.25, -0.2) is 8.42 Å². The molecule has 1 heterocycles. The van der Waals surface area contributed by atoms with E-state index in [1.807, 2.05) is 24.3 Å². The number of anilines is 2. The van der Waals surface area contributed by atoms with E-state index in [9.17, 15) is 13.2 Å². The highest BCUT2D eigenvalue weighted by molar-refractivity contribution is 14.1. The predicted molar refractivity (Wildman–Crippen MR) is 118 cm³/mol. The molecule has 3 aromatic rings. The zero-order valence-electron chi connectivity index (χ0n) is 14.8. The number of sulfonamides is 1. The van der Waals surface area contributed by atoms with Crippen LogP contribution in [0.25, 0.3) is 0 Å². The van der Waals surface area contributed by atoms with E-state index in [1.54, 1.807) is 48.5 Å². The molecule has 0 saturated heterocycles. The Morgan fingerprint density at radius 2 is 1.68 bits per heavy atom. The monoisotopic (exact) mass is 504 g/mol. The number of carbonyl (C=O) groups is 1. The summed E-state index contributed by atoms with van der Waals surface area (Å²) in [6.45, 7) is 0.370. The van der Waals surface area contributed by atoms with Gasteiger partial charge < -0.3 is 5.32 Å². The SMILES string of the molecule is O=C(Nc1ccc(I)cc1)c1ccc2c(c1)CCN2S(=O)(=O)c1ccccc1. The lowest BCUT2D eigenvalue weighted by Crippen LogP contribution is -2.29. The van der Waals surface area contributed by atoms with Gasteiger partial charge in [-0.2, -0.15) is 0 Å². The summed E-state index contributed by atoms with van der Waals surface area (Å²) in [5.74, 6) is -0.214. The normalized spacial score (nSPS) is 13.2. The number of halogens is 1. The van der Waals surface area contributed by atoms with Crippen molar-refractivity contribution in [1.82, 2.24) is 0 Å². The van der Waals surface area contributed by atoms with E-state index in [4.69, 9.17) is 0 Å². The predicted octanol–water partition coefficient (Wildman–Crippen LogP) is 4.29. The number of hydrogen-bond donors (Lipinski definition) is 1. The number of nitrogens with one attached hydrogen (secondary N) is 1. The second kappa shape index (κ2) is 7.56. The van der Waals surface area contributed by atoms with E-state index in [2.05, 4.69) is 27.9 Å². The molecule has 1 amide bonds. The number of fused-ring (bicyclic) bond motifs is 1. The molecule has 0 radical (unpaired) electrons. The van der Waals surface area contributed by atoms with Gasteiger partial charge in [0, 0.05) is 21.4 Å². The van der Waals surface area contributed by atoms with Crippen LogP contribution in [0.2, 0.25) is 0 Å². The number of rotatable bonds is 4. The van der Waals surface area contributed by atoms with Crippen LogP contribution in [-0.2, 0) is 16.4 Å². The molecule has 3 aromatic carbocycles. The van der Waals surface area contributed by atoms with Gasteiger partial charge >= 0.3 is 0 Å². The summed E-state index contributed by atoms with van der Waals surface area (Å²) in [6.07, 6.45) is 0.575. The van der Waals surface area contributed by atoms with Crippen molar-refractivity contribution in [2.45, 2.75) is 11.3 Å². The average Bonchev–Trinajstić information content (AvgIpc) is 3.14. The highest BCUT2D eigenvalue weighted by Crippen LogP contribution is 2.33. The third kappa shape index (κ3) is 3.64. The van der Waals surface area contributed by atoms with Crippen LogP contribution in [-0.4, -0.2) is 20.9 Å². The lowest BCUT2D eigenvalue weighted by atomic mass is 10.1. The first-order valence-corrected chi connectivity index (χ1v) is 11.2. The van der Waals surface area contributed by atoms with Crippen LogP contribution in [0.3, 0.4) is 0 Å². The Morgan fingerprint density at radius 1 is 0.964 bits per heavy atom. The molecule has 1 N–H and O–H groups in total. The van der Waals surface area contributed by atoms with Crippen molar-refractivity contribution in [3.63, 3.8) is 0 Å². The standard InChI is InChI=1S/C21H17IN2O3S/c22-17-7-9-18(10-8-17)23-21(25)16-6-11-20-15(14-16)12-13-24(20)28(26,27)19-4-2-1-3-5-19/h1-11,14H,12-13H2,(H,23,25). The molecule has 0 aromatic heterocycles. The average molecular weight is 504 g/mol. The highest BCUT2D eigenvalue weighted by atomic mass is 127.